The van der Waals surface area contributed by atoms with E-state index in [9.17, 15) is 9.59 Å². The second-order valence-corrected chi connectivity index (χ2v) is 6.58. The van der Waals surface area contributed by atoms with E-state index in [0.717, 1.165) is 23.3 Å². The Morgan fingerprint density at radius 3 is 1.86 bits per heavy atom. The Hall–Kier alpha value is -3.54. The minimum Gasteiger partial charge on any atom is -0.490 e. The van der Waals surface area contributed by atoms with Gasteiger partial charge in [-0.2, -0.15) is 0 Å². The van der Waals surface area contributed by atoms with Gasteiger partial charge < -0.3 is 9.47 Å². The van der Waals surface area contributed by atoms with Crippen LogP contribution in [0.5, 0.6) is 11.5 Å². The average Bonchev–Trinajstić information content (AvgIpc) is 2.75. The molecule has 0 unspecified atom stereocenters. The lowest BCUT2D eigenvalue weighted by molar-refractivity contribution is -0.207. The van der Waals surface area contributed by atoms with Gasteiger partial charge in [-0.15, -0.1) is 0 Å². The molecule has 0 aliphatic rings. The summed E-state index contributed by atoms with van der Waals surface area (Å²) < 4.78 is 10.4. The fourth-order valence-corrected chi connectivity index (χ4v) is 2.55. The van der Waals surface area contributed by atoms with E-state index in [1.54, 1.807) is 12.1 Å². The molecule has 0 heterocycles. The molecule has 0 atom stereocenters. The van der Waals surface area contributed by atoms with E-state index in [-0.39, 0.29) is 18.6 Å². The molecular weight excluding hydrogens is 372 g/mol. The molecular formula is C23H24O6. The fourth-order valence-electron chi connectivity index (χ4n) is 2.55. The molecule has 0 radical (unpaired) electrons. The van der Waals surface area contributed by atoms with Crippen molar-refractivity contribution in [1.29, 1.82) is 0 Å². The topological polar surface area (TPSA) is 71.1 Å². The molecule has 0 aliphatic heterocycles. The van der Waals surface area contributed by atoms with Crippen molar-refractivity contribution in [2.75, 3.05) is 13.2 Å². The molecule has 152 valence electrons. The second kappa shape index (κ2) is 10.1. The maximum Gasteiger partial charge on any atom is 0.378 e. The summed E-state index contributed by atoms with van der Waals surface area (Å²) in [4.78, 5) is 31.5. The van der Waals surface area contributed by atoms with Gasteiger partial charge in [-0.3, -0.25) is 4.89 Å². The first kappa shape index (κ1) is 21.8. The van der Waals surface area contributed by atoms with Crippen molar-refractivity contribution in [3.05, 3.63) is 85.0 Å². The van der Waals surface area contributed by atoms with Gasteiger partial charge in [-0.05, 0) is 35.4 Å². The second-order valence-electron chi connectivity index (χ2n) is 6.58. The van der Waals surface area contributed by atoms with Crippen molar-refractivity contribution >= 4 is 11.9 Å². The number of ether oxygens (including phenoxy) is 2. The number of carbonyl (C=O) groups excluding carboxylic acids is 2. The molecule has 0 saturated heterocycles. The van der Waals surface area contributed by atoms with Crippen LogP contribution in [0.1, 0.15) is 25.0 Å². The van der Waals surface area contributed by atoms with Crippen LogP contribution < -0.4 is 9.62 Å². The van der Waals surface area contributed by atoms with Crippen molar-refractivity contribution in [2.24, 2.45) is 0 Å². The Morgan fingerprint density at radius 2 is 1.34 bits per heavy atom. The zero-order chi connectivity index (χ0) is 21.3. The fraction of sp³-hybridized carbons (Fsp3) is 0.217. The smallest absolute Gasteiger partial charge is 0.378 e. The summed E-state index contributed by atoms with van der Waals surface area (Å²) in [5, 5.41) is 0. The van der Waals surface area contributed by atoms with E-state index in [0.29, 0.717) is 11.5 Å². The molecule has 0 amide bonds. The summed E-state index contributed by atoms with van der Waals surface area (Å²) in [6.07, 6.45) is 2.14. The van der Waals surface area contributed by atoms with Crippen LogP contribution in [0.3, 0.4) is 0 Å². The van der Waals surface area contributed by atoms with Crippen LogP contribution in [0.25, 0.3) is 0 Å². The molecule has 6 nitrogen and oxygen atoms in total. The Kier molecular flexibility index (Phi) is 7.60. The van der Waals surface area contributed by atoms with Gasteiger partial charge in [0.15, 0.2) is 5.75 Å². The van der Waals surface area contributed by atoms with Gasteiger partial charge >= 0.3 is 11.9 Å². The molecule has 29 heavy (non-hydrogen) atoms. The average molecular weight is 396 g/mol. The largest absolute Gasteiger partial charge is 0.490 e. The third-order valence-electron chi connectivity index (χ3n) is 4.30. The summed E-state index contributed by atoms with van der Waals surface area (Å²) in [6, 6.07) is 15.0. The van der Waals surface area contributed by atoms with E-state index in [4.69, 9.17) is 14.4 Å². The summed E-state index contributed by atoms with van der Waals surface area (Å²) in [5.41, 5.74) is 1.88. The molecule has 0 aromatic heterocycles. The number of benzene rings is 2. The lowest BCUT2D eigenvalue weighted by atomic mass is 9.78. The Morgan fingerprint density at radius 1 is 0.828 bits per heavy atom. The van der Waals surface area contributed by atoms with Crippen LogP contribution in [0.4, 0.5) is 0 Å². The quantitative estimate of drug-likeness (QED) is 0.198. The zero-order valence-corrected chi connectivity index (χ0v) is 16.6. The number of hydrogen-bond donors (Lipinski definition) is 0. The lowest BCUT2D eigenvalue weighted by Gasteiger charge is -2.26. The number of rotatable bonds is 10. The minimum absolute atomic E-state index is 0.161. The Labute approximate surface area is 170 Å². The molecule has 2 aromatic carbocycles. The van der Waals surface area contributed by atoms with Crippen molar-refractivity contribution in [1.82, 2.24) is 0 Å². The van der Waals surface area contributed by atoms with E-state index in [1.807, 2.05) is 36.4 Å². The lowest BCUT2D eigenvalue weighted by Crippen LogP contribution is -2.18. The van der Waals surface area contributed by atoms with Crippen molar-refractivity contribution in [3.8, 4) is 11.5 Å². The van der Waals surface area contributed by atoms with Crippen LogP contribution in [0.2, 0.25) is 0 Å². The predicted molar refractivity (Wildman–Crippen MR) is 109 cm³/mol. The normalized spacial score (nSPS) is 10.6. The number of carbonyl (C=O) groups is 2. The van der Waals surface area contributed by atoms with Gasteiger partial charge in [0, 0.05) is 17.6 Å². The SMILES string of the molecule is C=CC(=O)OCCOc1ccc(C(C)(C)c2ccc(OOC(=O)C=C)cc2)cc1. The highest BCUT2D eigenvalue weighted by molar-refractivity contribution is 5.81. The van der Waals surface area contributed by atoms with E-state index in [2.05, 4.69) is 31.9 Å². The molecule has 2 aromatic rings. The van der Waals surface area contributed by atoms with Crippen LogP contribution in [0.15, 0.2) is 73.8 Å². The van der Waals surface area contributed by atoms with E-state index in [1.165, 1.54) is 0 Å². The van der Waals surface area contributed by atoms with Crippen LogP contribution in [-0.4, -0.2) is 25.2 Å². The van der Waals surface area contributed by atoms with Crippen LogP contribution in [0, 0.1) is 0 Å². The number of hydrogen-bond acceptors (Lipinski definition) is 6. The molecule has 2 rings (SSSR count). The first-order valence-electron chi connectivity index (χ1n) is 9.01. The van der Waals surface area contributed by atoms with Crippen LogP contribution in [-0.2, 0) is 24.6 Å². The molecule has 0 spiro atoms. The Balaban J connectivity index is 1.97. The monoisotopic (exact) mass is 396 g/mol. The van der Waals surface area contributed by atoms with Gasteiger partial charge in [0.25, 0.3) is 0 Å². The molecule has 0 fully saturated rings. The third kappa shape index (κ3) is 6.24. The Bertz CT molecular complexity index is 850. The molecule has 0 N–H and O–H groups in total. The molecule has 6 heteroatoms. The first-order valence-corrected chi connectivity index (χ1v) is 9.01. The van der Waals surface area contributed by atoms with Crippen molar-refractivity contribution < 1.29 is 28.8 Å². The molecule has 0 saturated carbocycles. The maximum atomic E-state index is 11.0. The predicted octanol–water partition coefficient (Wildman–Crippen LogP) is 4.14. The van der Waals surface area contributed by atoms with Gasteiger partial charge in [0.05, 0.1) is 0 Å². The highest BCUT2D eigenvalue weighted by Crippen LogP contribution is 2.33. The van der Waals surface area contributed by atoms with E-state index < -0.39 is 11.9 Å². The summed E-state index contributed by atoms with van der Waals surface area (Å²) in [6.45, 7) is 11.3. The maximum absolute atomic E-state index is 11.0. The summed E-state index contributed by atoms with van der Waals surface area (Å²) >= 11 is 0. The summed E-state index contributed by atoms with van der Waals surface area (Å²) in [7, 11) is 0. The van der Waals surface area contributed by atoms with Gasteiger partial charge in [-0.1, -0.05) is 51.3 Å². The molecule has 0 aliphatic carbocycles. The number of esters is 1. The standard InChI is InChI=1S/C23H24O6/c1-5-21(24)27-16-15-26-19-11-7-17(8-12-19)23(3,4)18-9-13-20(14-10-18)28-29-22(25)6-2/h5-14H,1-2,15-16H2,3-4H3. The minimum atomic E-state index is -0.657. The van der Waals surface area contributed by atoms with Crippen molar-refractivity contribution in [3.63, 3.8) is 0 Å². The van der Waals surface area contributed by atoms with Gasteiger partial charge in [-0.25, -0.2) is 14.5 Å². The van der Waals surface area contributed by atoms with Crippen LogP contribution >= 0.6 is 0 Å². The summed E-state index contributed by atoms with van der Waals surface area (Å²) in [5.74, 6) is -0.0239. The molecule has 0 bridgehead atoms. The van der Waals surface area contributed by atoms with Crippen molar-refractivity contribution in [2.45, 2.75) is 19.3 Å². The van der Waals surface area contributed by atoms with Gasteiger partial charge in [0.2, 0.25) is 0 Å². The van der Waals surface area contributed by atoms with Gasteiger partial charge in [0.1, 0.15) is 19.0 Å². The highest BCUT2D eigenvalue weighted by Gasteiger charge is 2.23. The highest BCUT2D eigenvalue weighted by atomic mass is 17.2. The third-order valence-corrected chi connectivity index (χ3v) is 4.30. The first-order chi connectivity index (χ1) is 13.9. The van der Waals surface area contributed by atoms with E-state index >= 15 is 0 Å². The zero-order valence-electron chi connectivity index (χ0n) is 16.6.